The minimum Gasteiger partial charge on any atom is -0.396 e. The van der Waals surface area contributed by atoms with E-state index in [2.05, 4.69) is 35.9 Å². The third kappa shape index (κ3) is 3.30. The summed E-state index contributed by atoms with van der Waals surface area (Å²) in [6.07, 6.45) is 5.84. The van der Waals surface area contributed by atoms with Gasteiger partial charge in [0.2, 0.25) is 0 Å². The van der Waals surface area contributed by atoms with Gasteiger partial charge >= 0.3 is 0 Å². The summed E-state index contributed by atoms with van der Waals surface area (Å²) in [4.78, 5) is 6.56. The van der Waals surface area contributed by atoms with E-state index in [9.17, 15) is 5.11 Å². The molecule has 2 rings (SSSR count). The predicted molar refractivity (Wildman–Crippen MR) is 73.1 cm³/mol. The zero-order valence-electron chi connectivity index (χ0n) is 11.5. The van der Waals surface area contributed by atoms with Crippen molar-refractivity contribution < 1.29 is 5.11 Å². The average Bonchev–Trinajstić information content (AvgIpc) is 2.35. The molecule has 1 aromatic rings. The van der Waals surface area contributed by atoms with Crippen molar-refractivity contribution in [3.63, 3.8) is 0 Å². The molecule has 1 atom stereocenters. The van der Waals surface area contributed by atoms with E-state index in [4.69, 9.17) is 0 Å². The normalized spacial score (nSPS) is 24.1. The lowest BCUT2D eigenvalue weighted by Crippen LogP contribution is -2.44. The molecule has 0 radical (unpaired) electrons. The van der Waals surface area contributed by atoms with E-state index in [1.807, 2.05) is 12.4 Å². The fourth-order valence-corrected chi connectivity index (χ4v) is 2.83. The maximum atomic E-state index is 9.20. The summed E-state index contributed by atoms with van der Waals surface area (Å²) in [5, 5.41) is 9.20. The molecule has 0 saturated carbocycles. The van der Waals surface area contributed by atoms with Gasteiger partial charge in [-0.1, -0.05) is 13.8 Å². The van der Waals surface area contributed by atoms with Gasteiger partial charge in [-0.3, -0.25) is 9.88 Å². The molecular formula is C15H24N2O. The van der Waals surface area contributed by atoms with Gasteiger partial charge in [0.05, 0.1) is 0 Å². The largest absolute Gasteiger partial charge is 0.396 e. The van der Waals surface area contributed by atoms with E-state index >= 15 is 0 Å². The number of aliphatic hydroxyl groups is 1. The molecule has 0 amide bonds. The smallest absolute Gasteiger partial charge is 0.0434 e. The fraction of sp³-hybridized carbons (Fsp3) is 0.667. The van der Waals surface area contributed by atoms with Gasteiger partial charge in [-0.2, -0.15) is 0 Å². The molecule has 18 heavy (non-hydrogen) atoms. The monoisotopic (exact) mass is 248 g/mol. The molecule has 0 bridgehead atoms. The van der Waals surface area contributed by atoms with E-state index < -0.39 is 0 Å². The Kier molecular flexibility index (Phi) is 4.36. The van der Waals surface area contributed by atoms with Crippen LogP contribution in [0, 0.1) is 11.3 Å². The van der Waals surface area contributed by atoms with Crippen molar-refractivity contribution in [1.82, 2.24) is 9.88 Å². The van der Waals surface area contributed by atoms with Crippen LogP contribution in [0.2, 0.25) is 0 Å². The highest BCUT2D eigenvalue weighted by atomic mass is 16.3. The number of piperidine rings is 1. The third-order valence-electron chi connectivity index (χ3n) is 4.29. The Labute approximate surface area is 110 Å². The van der Waals surface area contributed by atoms with Gasteiger partial charge in [0, 0.05) is 32.1 Å². The molecule has 0 aromatic carbocycles. The topological polar surface area (TPSA) is 36.4 Å². The van der Waals surface area contributed by atoms with Gasteiger partial charge in [0.15, 0.2) is 0 Å². The number of likely N-dealkylation sites (tertiary alicyclic amines) is 1. The Hall–Kier alpha value is -0.930. The average molecular weight is 248 g/mol. The first kappa shape index (κ1) is 13.5. The summed E-state index contributed by atoms with van der Waals surface area (Å²) in [5.41, 5.74) is 1.68. The zero-order valence-corrected chi connectivity index (χ0v) is 11.5. The lowest BCUT2D eigenvalue weighted by atomic mass is 9.72. The van der Waals surface area contributed by atoms with E-state index in [0.717, 1.165) is 26.1 Å². The first-order valence-corrected chi connectivity index (χ1v) is 6.84. The highest BCUT2D eigenvalue weighted by Gasteiger charge is 2.34. The molecule has 1 N–H and O–H groups in total. The lowest BCUT2D eigenvalue weighted by Gasteiger charge is -2.44. The summed E-state index contributed by atoms with van der Waals surface area (Å²) in [5.74, 6) is 0.595. The second-order valence-electron chi connectivity index (χ2n) is 6.04. The predicted octanol–water partition coefficient (Wildman–Crippen LogP) is 2.31. The molecular weight excluding hydrogens is 224 g/mol. The highest BCUT2D eigenvalue weighted by molar-refractivity contribution is 5.09. The third-order valence-corrected chi connectivity index (χ3v) is 4.29. The van der Waals surface area contributed by atoms with E-state index in [0.29, 0.717) is 17.9 Å². The van der Waals surface area contributed by atoms with Gasteiger partial charge in [-0.25, -0.2) is 0 Å². The Morgan fingerprint density at radius 3 is 2.78 bits per heavy atom. The van der Waals surface area contributed by atoms with Crippen LogP contribution < -0.4 is 0 Å². The lowest BCUT2D eigenvalue weighted by molar-refractivity contribution is 0.0398. The molecule has 3 nitrogen and oxygen atoms in total. The number of pyridine rings is 1. The second-order valence-corrected chi connectivity index (χ2v) is 6.04. The van der Waals surface area contributed by atoms with Gasteiger partial charge in [-0.15, -0.1) is 0 Å². The van der Waals surface area contributed by atoms with Crippen molar-refractivity contribution in [3.8, 4) is 0 Å². The maximum Gasteiger partial charge on any atom is 0.0434 e. The minimum atomic E-state index is 0.303. The molecule has 1 aliphatic heterocycles. The van der Waals surface area contributed by atoms with Gasteiger partial charge < -0.3 is 5.11 Å². The molecule has 1 aliphatic rings. The van der Waals surface area contributed by atoms with Crippen molar-refractivity contribution in [2.24, 2.45) is 11.3 Å². The summed E-state index contributed by atoms with van der Waals surface area (Å²) < 4.78 is 0. The molecule has 3 heteroatoms. The van der Waals surface area contributed by atoms with Crippen molar-refractivity contribution in [2.75, 3.05) is 19.7 Å². The molecule has 0 spiro atoms. The van der Waals surface area contributed by atoms with Crippen molar-refractivity contribution in [2.45, 2.75) is 33.2 Å². The maximum absolute atomic E-state index is 9.20. The molecule has 2 heterocycles. The number of hydrogen-bond donors (Lipinski definition) is 1. The molecule has 100 valence electrons. The number of aromatic nitrogens is 1. The van der Waals surface area contributed by atoms with Crippen LogP contribution in [0.4, 0.5) is 0 Å². The van der Waals surface area contributed by atoms with E-state index in [-0.39, 0.29) is 0 Å². The van der Waals surface area contributed by atoms with Crippen molar-refractivity contribution in [1.29, 1.82) is 0 Å². The number of hydrogen-bond acceptors (Lipinski definition) is 3. The standard InChI is InChI=1S/C15H24N2O/c1-15(2)6-9-17(12-14(15)5-10-18)11-13-3-7-16-8-4-13/h3-4,7-8,14,18H,5-6,9-12H2,1-2H3. The molecule has 1 fully saturated rings. The Balaban J connectivity index is 1.96. The van der Waals surface area contributed by atoms with Crippen LogP contribution in [0.3, 0.4) is 0 Å². The molecule has 0 aliphatic carbocycles. The Morgan fingerprint density at radius 1 is 1.39 bits per heavy atom. The zero-order chi connectivity index (χ0) is 13.0. The summed E-state index contributed by atoms with van der Waals surface area (Å²) >= 11 is 0. The van der Waals surface area contributed by atoms with Gasteiger partial charge in [0.1, 0.15) is 0 Å². The first-order chi connectivity index (χ1) is 8.62. The van der Waals surface area contributed by atoms with Crippen LogP contribution >= 0.6 is 0 Å². The number of aliphatic hydroxyl groups excluding tert-OH is 1. The van der Waals surface area contributed by atoms with Crippen LogP contribution in [0.25, 0.3) is 0 Å². The minimum absolute atomic E-state index is 0.303. The SMILES string of the molecule is CC1(C)CCN(Cc2ccncc2)CC1CCO. The first-order valence-electron chi connectivity index (χ1n) is 6.84. The van der Waals surface area contributed by atoms with Crippen molar-refractivity contribution in [3.05, 3.63) is 30.1 Å². The fourth-order valence-electron chi connectivity index (χ4n) is 2.83. The molecule has 1 saturated heterocycles. The van der Waals surface area contributed by atoms with Gasteiger partial charge in [-0.05, 0) is 48.4 Å². The highest BCUT2D eigenvalue weighted by Crippen LogP contribution is 2.37. The molecule has 1 aromatic heterocycles. The summed E-state index contributed by atoms with van der Waals surface area (Å²) in [6, 6.07) is 4.17. The van der Waals surface area contributed by atoms with Crippen LogP contribution in [0.15, 0.2) is 24.5 Å². The van der Waals surface area contributed by atoms with Crippen LogP contribution in [-0.2, 0) is 6.54 Å². The Bertz CT molecular complexity index is 364. The Morgan fingerprint density at radius 2 is 2.11 bits per heavy atom. The molecule has 1 unspecified atom stereocenters. The number of rotatable bonds is 4. The van der Waals surface area contributed by atoms with E-state index in [1.165, 1.54) is 12.0 Å². The van der Waals surface area contributed by atoms with Crippen molar-refractivity contribution >= 4 is 0 Å². The second kappa shape index (κ2) is 5.81. The van der Waals surface area contributed by atoms with Crippen LogP contribution in [0.5, 0.6) is 0 Å². The number of nitrogens with zero attached hydrogens (tertiary/aromatic N) is 2. The quantitative estimate of drug-likeness (QED) is 0.888. The summed E-state index contributed by atoms with van der Waals surface area (Å²) in [6.45, 7) is 8.21. The van der Waals surface area contributed by atoms with Crippen LogP contribution in [0.1, 0.15) is 32.3 Å². The van der Waals surface area contributed by atoms with Gasteiger partial charge in [0.25, 0.3) is 0 Å². The van der Waals surface area contributed by atoms with Crippen LogP contribution in [-0.4, -0.2) is 34.7 Å². The summed E-state index contributed by atoms with van der Waals surface area (Å²) in [7, 11) is 0. The van der Waals surface area contributed by atoms with E-state index in [1.54, 1.807) is 0 Å².